The number of rotatable bonds is 3. The lowest BCUT2D eigenvalue weighted by molar-refractivity contribution is 0.265. The highest BCUT2D eigenvalue weighted by Gasteiger charge is 2.21. The minimum absolute atomic E-state index is 0.458. The molecule has 0 radical (unpaired) electrons. The first-order chi connectivity index (χ1) is 9.28. The average Bonchev–Trinajstić information content (AvgIpc) is 2.79. The molecule has 102 valence electrons. The van der Waals surface area contributed by atoms with E-state index in [4.69, 9.17) is 11.6 Å². The fourth-order valence-electron chi connectivity index (χ4n) is 3.07. The van der Waals surface area contributed by atoms with Gasteiger partial charge in [0.15, 0.2) is 5.65 Å². The minimum atomic E-state index is 0.458. The molecule has 3 rings (SSSR count). The van der Waals surface area contributed by atoms with Crippen molar-refractivity contribution < 1.29 is 0 Å². The predicted molar refractivity (Wildman–Crippen MR) is 78.2 cm³/mol. The molecule has 0 unspecified atom stereocenters. The maximum absolute atomic E-state index is 6.03. The largest absolute Gasteiger partial charge is 0.311 e. The molecular weight excluding hydrogens is 258 g/mol. The van der Waals surface area contributed by atoms with Gasteiger partial charge < -0.3 is 4.57 Å². The van der Waals surface area contributed by atoms with E-state index in [0.29, 0.717) is 5.88 Å². The number of halogens is 1. The second kappa shape index (κ2) is 5.49. The Balaban J connectivity index is 1.87. The molecule has 0 aromatic carbocycles. The lowest BCUT2D eigenvalue weighted by atomic mass is 9.83. The molecule has 19 heavy (non-hydrogen) atoms. The molecule has 0 spiro atoms. The molecule has 0 bridgehead atoms. The van der Waals surface area contributed by atoms with E-state index < -0.39 is 0 Å². The maximum atomic E-state index is 6.03. The van der Waals surface area contributed by atoms with Gasteiger partial charge in [-0.05, 0) is 36.8 Å². The van der Waals surface area contributed by atoms with Gasteiger partial charge in [0.25, 0.3) is 0 Å². The second-order valence-electron chi connectivity index (χ2n) is 5.74. The zero-order chi connectivity index (χ0) is 13.2. The third kappa shape index (κ3) is 2.62. The van der Waals surface area contributed by atoms with Crippen molar-refractivity contribution in [2.24, 2.45) is 11.8 Å². The molecule has 1 aliphatic carbocycles. The second-order valence-corrected chi connectivity index (χ2v) is 6.01. The Bertz CT molecular complexity index is 556. The van der Waals surface area contributed by atoms with Gasteiger partial charge in [0.1, 0.15) is 11.3 Å². The van der Waals surface area contributed by atoms with Crippen LogP contribution in [0.1, 0.15) is 38.4 Å². The quantitative estimate of drug-likeness (QED) is 0.794. The van der Waals surface area contributed by atoms with Crippen molar-refractivity contribution >= 4 is 22.8 Å². The Labute approximate surface area is 119 Å². The van der Waals surface area contributed by atoms with Crippen LogP contribution in [0.15, 0.2) is 18.3 Å². The van der Waals surface area contributed by atoms with Gasteiger partial charge in [0.05, 0.1) is 5.88 Å². The number of alkyl halides is 1. The molecule has 2 aromatic heterocycles. The van der Waals surface area contributed by atoms with Gasteiger partial charge in [0.2, 0.25) is 0 Å². The van der Waals surface area contributed by atoms with Crippen LogP contribution in [0, 0.1) is 11.8 Å². The molecular formula is C15H20ClN3. The molecule has 0 atom stereocenters. The third-order valence-corrected chi connectivity index (χ3v) is 4.52. The Hall–Kier alpha value is -1.09. The maximum Gasteiger partial charge on any atom is 0.160 e. The minimum Gasteiger partial charge on any atom is -0.311 e. The Morgan fingerprint density at radius 1 is 1.32 bits per heavy atom. The fraction of sp³-hybridized carbons (Fsp3) is 0.600. The van der Waals surface area contributed by atoms with Crippen LogP contribution in [0.25, 0.3) is 11.2 Å². The van der Waals surface area contributed by atoms with E-state index in [1.54, 1.807) is 0 Å². The first-order valence-electron chi connectivity index (χ1n) is 7.14. The molecule has 1 fully saturated rings. The summed E-state index contributed by atoms with van der Waals surface area (Å²) < 4.78 is 2.23. The molecule has 0 N–H and O–H groups in total. The summed E-state index contributed by atoms with van der Waals surface area (Å²) in [6, 6.07) is 3.94. The van der Waals surface area contributed by atoms with Gasteiger partial charge in [-0.2, -0.15) is 0 Å². The lowest BCUT2D eigenvalue weighted by Gasteiger charge is -2.26. The van der Waals surface area contributed by atoms with Crippen LogP contribution in [0.3, 0.4) is 0 Å². The summed E-state index contributed by atoms with van der Waals surface area (Å²) in [4.78, 5) is 9.05. The number of fused-ring (bicyclic) bond motifs is 1. The molecule has 1 aliphatic rings. The molecule has 4 heteroatoms. The smallest absolute Gasteiger partial charge is 0.160 e. The number of hydrogen-bond donors (Lipinski definition) is 0. The van der Waals surface area contributed by atoms with E-state index in [1.807, 2.05) is 18.3 Å². The van der Waals surface area contributed by atoms with E-state index in [1.165, 1.54) is 25.7 Å². The number of pyridine rings is 1. The van der Waals surface area contributed by atoms with Crippen molar-refractivity contribution in [3.05, 3.63) is 24.2 Å². The van der Waals surface area contributed by atoms with Crippen LogP contribution in [-0.2, 0) is 12.4 Å². The first-order valence-corrected chi connectivity index (χ1v) is 7.67. The van der Waals surface area contributed by atoms with E-state index in [0.717, 1.165) is 35.4 Å². The number of aromatic nitrogens is 3. The number of hydrogen-bond acceptors (Lipinski definition) is 2. The van der Waals surface area contributed by atoms with Crippen LogP contribution < -0.4 is 0 Å². The van der Waals surface area contributed by atoms with E-state index >= 15 is 0 Å². The summed E-state index contributed by atoms with van der Waals surface area (Å²) in [6.07, 6.45) is 7.16. The first kappa shape index (κ1) is 12.9. The number of imidazole rings is 1. The van der Waals surface area contributed by atoms with Crippen molar-refractivity contribution in [1.82, 2.24) is 14.5 Å². The van der Waals surface area contributed by atoms with Gasteiger partial charge in [-0.15, -0.1) is 11.6 Å². The molecule has 0 amide bonds. The Morgan fingerprint density at radius 3 is 2.84 bits per heavy atom. The van der Waals surface area contributed by atoms with Crippen molar-refractivity contribution in [3.63, 3.8) is 0 Å². The Morgan fingerprint density at radius 2 is 2.11 bits per heavy atom. The monoisotopic (exact) mass is 277 g/mol. The molecule has 2 heterocycles. The van der Waals surface area contributed by atoms with Crippen molar-refractivity contribution in [2.75, 3.05) is 0 Å². The third-order valence-electron chi connectivity index (χ3n) is 4.28. The SMILES string of the molecule is CC1CCC(Cn2c(CCl)nc3cccnc32)CC1. The molecule has 1 saturated carbocycles. The van der Waals surface area contributed by atoms with Gasteiger partial charge in [-0.1, -0.05) is 19.8 Å². The highest BCUT2D eigenvalue weighted by molar-refractivity contribution is 6.16. The molecule has 0 saturated heterocycles. The molecule has 3 nitrogen and oxygen atoms in total. The standard InChI is InChI=1S/C15H20ClN3/c1-11-4-6-12(7-5-11)10-19-14(9-16)18-13-3-2-8-17-15(13)19/h2-3,8,11-12H,4-7,9-10H2,1H3. The summed E-state index contributed by atoms with van der Waals surface area (Å²) in [5, 5.41) is 0. The van der Waals surface area contributed by atoms with E-state index in [2.05, 4.69) is 21.5 Å². The van der Waals surface area contributed by atoms with Crippen molar-refractivity contribution in [3.8, 4) is 0 Å². The van der Waals surface area contributed by atoms with E-state index in [9.17, 15) is 0 Å². The Kier molecular flexibility index (Phi) is 3.74. The van der Waals surface area contributed by atoms with Crippen molar-refractivity contribution in [2.45, 2.75) is 45.0 Å². The molecule has 2 aromatic rings. The van der Waals surface area contributed by atoms with Gasteiger partial charge in [-0.25, -0.2) is 9.97 Å². The summed E-state index contributed by atoms with van der Waals surface area (Å²) in [6.45, 7) is 3.37. The van der Waals surface area contributed by atoms with Crippen LogP contribution in [0.5, 0.6) is 0 Å². The fourth-order valence-corrected chi connectivity index (χ4v) is 3.27. The summed E-state index contributed by atoms with van der Waals surface area (Å²) in [5.74, 6) is 3.05. The molecule has 0 aliphatic heterocycles. The van der Waals surface area contributed by atoms with Gasteiger partial charge >= 0.3 is 0 Å². The summed E-state index contributed by atoms with van der Waals surface area (Å²) in [7, 11) is 0. The highest BCUT2D eigenvalue weighted by Crippen LogP contribution is 2.30. The van der Waals surface area contributed by atoms with Crippen LogP contribution >= 0.6 is 11.6 Å². The summed E-state index contributed by atoms with van der Waals surface area (Å²) in [5.41, 5.74) is 1.94. The van der Waals surface area contributed by atoms with Crippen molar-refractivity contribution in [1.29, 1.82) is 0 Å². The summed E-state index contributed by atoms with van der Waals surface area (Å²) >= 11 is 6.03. The van der Waals surface area contributed by atoms with Crippen LogP contribution in [0.2, 0.25) is 0 Å². The van der Waals surface area contributed by atoms with Crippen LogP contribution in [0.4, 0.5) is 0 Å². The number of nitrogens with zero attached hydrogens (tertiary/aromatic N) is 3. The lowest BCUT2D eigenvalue weighted by Crippen LogP contribution is -2.19. The average molecular weight is 278 g/mol. The topological polar surface area (TPSA) is 30.7 Å². The van der Waals surface area contributed by atoms with Gasteiger partial charge in [-0.3, -0.25) is 0 Å². The zero-order valence-corrected chi connectivity index (χ0v) is 12.1. The zero-order valence-electron chi connectivity index (χ0n) is 11.3. The predicted octanol–water partition coefficient (Wildman–Crippen LogP) is 4.00. The normalized spacial score (nSPS) is 23.9. The van der Waals surface area contributed by atoms with E-state index in [-0.39, 0.29) is 0 Å². The van der Waals surface area contributed by atoms with Gasteiger partial charge in [0, 0.05) is 12.7 Å². The highest BCUT2D eigenvalue weighted by atomic mass is 35.5. The van der Waals surface area contributed by atoms with Crippen LogP contribution in [-0.4, -0.2) is 14.5 Å².